The molecule has 0 spiro atoms. The molecule has 0 fully saturated rings. The molecular formula is C14H11FN6O2. The molecule has 0 radical (unpaired) electrons. The Labute approximate surface area is 129 Å². The van der Waals surface area contributed by atoms with Gasteiger partial charge in [-0.1, -0.05) is 18.2 Å². The van der Waals surface area contributed by atoms with Crippen molar-refractivity contribution in [3.63, 3.8) is 0 Å². The average Bonchev–Trinajstić information content (AvgIpc) is 3.21. The number of hydrogen-bond donors (Lipinski definition) is 2. The molecule has 0 aliphatic carbocycles. The summed E-state index contributed by atoms with van der Waals surface area (Å²) in [7, 11) is 0. The summed E-state index contributed by atoms with van der Waals surface area (Å²) in [6, 6.07) is 7.79. The number of H-pyrrole nitrogens is 1. The number of carbonyl (C=O) groups excluding carboxylic acids is 1. The predicted octanol–water partition coefficient (Wildman–Crippen LogP) is 1.37. The van der Waals surface area contributed by atoms with Crippen LogP contribution in [0, 0.1) is 5.82 Å². The summed E-state index contributed by atoms with van der Waals surface area (Å²) in [4.78, 5) is 12.0. The highest BCUT2D eigenvalue weighted by Gasteiger charge is 2.12. The fourth-order valence-electron chi connectivity index (χ4n) is 1.92. The Bertz CT molecular complexity index is 856. The monoisotopic (exact) mass is 314 g/mol. The number of rotatable bonds is 5. The third-order valence-corrected chi connectivity index (χ3v) is 3.03. The van der Waals surface area contributed by atoms with E-state index in [9.17, 15) is 14.3 Å². The average molecular weight is 314 g/mol. The number of aliphatic hydroxyl groups is 1. The number of allylic oxidation sites excluding steroid dienone is 1. The molecular weight excluding hydrogens is 303 g/mol. The van der Waals surface area contributed by atoms with Gasteiger partial charge in [-0.05, 0) is 17.3 Å². The zero-order valence-corrected chi connectivity index (χ0v) is 11.7. The first-order chi connectivity index (χ1) is 11.1. The van der Waals surface area contributed by atoms with Crippen molar-refractivity contribution in [1.29, 1.82) is 0 Å². The maximum atomic E-state index is 13.6. The second-order valence-corrected chi connectivity index (χ2v) is 4.62. The molecule has 0 aliphatic rings. The summed E-state index contributed by atoms with van der Waals surface area (Å²) in [5.74, 6) is -1.39. The number of nitrogens with zero attached hydrogens (tertiary/aromatic N) is 5. The van der Waals surface area contributed by atoms with Gasteiger partial charge in [0.05, 0.1) is 6.54 Å². The van der Waals surface area contributed by atoms with Gasteiger partial charge in [0.1, 0.15) is 11.5 Å². The van der Waals surface area contributed by atoms with E-state index in [1.165, 1.54) is 16.8 Å². The maximum absolute atomic E-state index is 13.6. The SMILES string of the molecule is O=C(C=C(O)c1nn[nH]n1)c1ccn(Cc2ccccc2F)n1. The topological polar surface area (TPSA) is 110 Å². The Kier molecular flexibility index (Phi) is 3.91. The number of aromatic nitrogens is 6. The van der Waals surface area contributed by atoms with Crippen LogP contribution in [0.1, 0.15) is 21.9 Å². The van der Waals surface area contributed by atoms with E-state index < -0.39 is 11.5 Å². The van der Waals surface area contributed by atoms with Crippen LogP contribution in [-0.2, 0) is 6.54 Å². The Hall–Kier alpha value is -3.36. The number of tetrazole rings is 1. The zero-order valence-electron chi connectivity index (χ0n) is 11.7. The van der Waals surface area contributed by atoms with E-state index >= 15 is 0 Å². The van der Waals surface area contributed by atoms with Crippen LogP contribution in [0.5, 0.6) is 0 Å². The molecule has 9 heteroatoms. The van der Waals surface area contributed by atoms with Crippen molar-refractivity contribution in [2.75, 3.05) is 0 Å². The summed E-state index contributed by atoms with van der Waals surface area (Å²) in [6.07, 6.45) is 2.50. The van der Waals surface area contributed by atoms with Crippen LogP contribution in [0.25, 0.3) is 5.76 Å². The molecule has 0 atom stereocenters. The summed E-state index contributed by atoms with van der Waals surface area (Å²) < 4.78 is 15.0. The number of halogens is 1. The molecule has 0 saturated carbocycles. The molecule has 0 aliphatic heterocycles. The van der Waals surface area contributed by atoms with Crippen molar-refractivity contribution in [2.45, 2.75) is 6.54 Å². The molecule has 8 nitrogen and oxygen atoms in total. The van der Waals surface area contributed by atoms with Crippen LogP contribution in [0.2, 0.25) is 0 Å². The van der Waals surface area contributed by atoms with Gasteiger partial charge in [0.2, 0.25) is 11.6 Å². The molecule has 3 aromatic rings. The molecule has 2 aromatic heterocycles. The van der Waals surface area contributed by atoms with Gasteiger partial charge < -0.3 is 5.11 Å². The molecule has 0 bridgehead atoms. The van der Waals surface area contributed by atoms with E-state index in [2.05, 4.69) is 25.7 Å². The zero-order chi connectivity index (χ0) is 16.2. The molecule has 2 heterocycles. The lowest BCUT2D eigenvalue weighted by Gasteiger charge is -2.02. The molecule has 2 N–H and O–H groups in total. The van der Waals surface area contributed by atoms with E-state index in [0.717, 1.165) is 6.08 Å². The lowest BCUT2D eigenvalue weighted by atomic mass is 10.2. The number of aromatic amines is 1. The highest BCUT2D eigenvalue weighted by atomic mass is 19.1. The van der Waals surface area contributed by atoms with Crippen molar-refractivity contribution in [3.05, 3.63) is 65.5 Å². The van der Waals surface area contributed by atoms with Crippen molar-refractivity contribution in [1.82, 2.24) is 30.4 Å². The van der Waals surface area contributed by atoms with E-state index in [4.69, 9.17) is 0 Å². The van der Waals surface area contributed by atoms with Crippen molar-refractivity contribution >= 4 is 11.5 Å². The van der Waals surface area contributed by atoms with E-state index in [1.807, 2.05) is 0 Å². The van der Waals surface area contributed by atoms with Crippen LogP contribution < -0.4 is 0 Å². The van der Waals surface area contributed by atoms with Crippen molar-refractivity contribution in [3.8, 4) is 0 Å². The number of carbonyl (C=O) groups is 1. The Morgan fingerprint density at radius 1 is 1.35 bits per heavy atom. The molecule has 3 rings (SSSR count). The van der Waals surface area contributed by atoms with Crippen LogP contribution in [-0.4, -0.2) is 41.3 Å². The quantitative estimate of drug-likeness (QED) is 0.418. The number of nitrogens with one attached hydrogen (secondary N) is 1. The first-order valence-electron chi connectivity index (χ1n) is 6.59. The van der Waals surface area contributed by atoms with E-state index in [1.54, 1.807) is 24.4 Å². The van der Waals surface area contributed by atoms with Crippen LogP contribution in [0.3, 0.4) is 0 Å². The summed E-state index contributed by atoms with van der Waals surface area (Å²) >= 11 is 0. The standard InChI is InChI=1S/C14H11FN6O2/c15-10-4-2-1-3-9(10)8-21-6-5-11(18-21)12(22)7-13(23)14-16-19-20-17-14/h1-7,23H,8H2,(H,16,17,19,20). The van der Waals surface area contributed by atoms with Gasteiger partial charge in [0.25, 0.3) is 0 Å². The van der Waals surface area contributed by atoms with Gasteiger partial charge >= 0.3 is 0 Å². The maximum Gasteiger partial charge on any atom is 0.239 e. The van der Waals surface area contributed by atoms with Crippen LogP contribution >= 0.6 is 0 Å². The Morgan fingerprint density at radius 3 is 2.91 bits per heavy atom. The van der Waals surface area contributed by atoms with Crippen molar-refractivity contribution < 1.29 is 14.3 Å². The second kappa shape index (κ2) is 6.18. The molecule has 0 unspecified atom stereocenters. The number of ketones is 1. The minimum atomic E-state index is -0.528. The highest BCUT2D eigenvalue weighted by molar-refractivity contribution is 6.06. The van der Waals surface area contributed by atoms with Gasteiger partial charge in [-0.15, -0.1) is 10.2 Å². The van der Waals surface area contributed by atoms with Crippen molar-refractivity contribution in [2.24, 2.45) is 0 Å². The summed E-state index contributed by atoms with van der Waals surface area (Å²) in [6.45, 7) is 0.195. The number of hydrogen-bond acceptors (Lipinski definition) is 6. The fourth-order valence-corrected chi connectivity index (χ4v) is 1.92. The van der Waals surface area contributed by atoms with Gasteiger partial charge in [-0.2, -0.15) is 10.3 Å². The lowest BCUT2D eigenvalue weighted by Crippen LogP contribution is -2.05. The molecule has 0 saturated heterocycles. The van der Waals surface area contributed by atoms with Gasteiger partial charge in [0, 0.05) is 17.8 Å². The number of benzene rings is 1. The minimum Gasteiger partial charge on any atom is -0.504 e. The largest absolute Gasteiger partial charge is 0.504 e. The van der Waals surface area contributed by atoms with E-state index in [-0.39, 0.29) is 23.9 Å². The van der Waals surface area contributed by atoms with Crippen LogP contribution in [0.15, 0.2) is 42.6 Å². The minimum absolute atomic E-state index is 0.0934. The second-order valence-electron chi connectivity index (χ2n) is 4.62. The molecule has 116 valence electrons. The number of aliphatic hydroxyl groups excluding tert-OH is 1. The normalized spacial score (nSPS) is 11.6. The smallest absolute Gasteiger partial charge is 0.239 e. The predicted molar refractivity (Wildman–Crippen MR) is 76.8 cm³/mol. The first kappa shape index (κ1) is 14.6. The molecule has 23 heavy (non-hydrogen) atoms. The first-order valence-corrected chi connectivity index (χ1v) is 6.59. The Balaban J connectivity index is 1.75. The van der Waals surface area contributed by atoms with E-state index in [0.29, 0.717) is 5.56 Å². The fraction of sp³-hybridized carbons (Fsp3) is 0.0714. The Morgan fingerprint density at radius 2 is 2.17 bits per heavy atom. The van der Waals surface area contributed by atoms with Crippen LogP contribution in [0.4, 0.5) is 4.39 Å². The third-order valence-electron chi connectivity index (χ3n) is 3.03. The van der Waals surface area contributed by atoms with Gasteiger partial charge in [-0.25, -0.2) is 4.39 Å². The summed E-state index contributed by atoms with van der Waals surface area (Å²) in [5, 5.41) is 26.3. The highest BCUT2D eigenvalue weighted by Crippen LogP contribution is 2.10. The summed E-state index contributed by atoms with van der Waals surface area (Å²) in [5.41, 5.74) is 0.566. The molecule has 1 aromatic carbocycles. The lowest BCUT2D eigenvalue weighted by molar-refractivity contribution is 0.104. The third kappa shape index (κ3) is 3.28. The van der Waals surface area contributed by atoms with Gasteiger partial charge in [0.15, 0.2) is 5.76 Å². The van der Waals surface area contributed by atoms with Gasteiger partial charge in [-0.3, -0.25) is 9.48 Å². The molecule has 0 amide bonds.